The molecule has 100 valence electrons. The molecule has 0 radical (unpaired) electrons. The van der Waals surface area contributed by atoms with Gasteiger partial charge in [0, 0.05) is 8.95 Å². The number of rotatable bonds is 3. The molecular formula is C11H7Br2FN2O2S. The Kier molecular flexibility index (Phi) is 4.22. The second-order valence-electron chi connectivity index (χ2n) is 3.53. The van der Waals surface area contributed by atoms with E-state index in [9.17, 15) is 12.8 Å². The maximum absolute atomic E-state index is 12.9. The van der Waals surface area contributed by atoms with E-state index >= 15 is 0 Å². The third kappa shape index (κ3) is 3.52. The molecule has 0 aliphatic rings. The van der Waals surface area contributed by atoms with Crippen LogP contribution in [0.5, 0.6) is 0 Å². The van der Waals surface area contributed by atoms with Gasteiger partial charge in [0.1, 0.15) is 10.7 Å². The van der Waals surface area contributed by atoms with Crippen molar-refractivity contribution in [1.82, 2.24) is 4.98 Å². The van der Waals surface area contributed by atoms with Gasteiger partial charge < -0.3 is 0 Å². The molecule has 19 heavy (non-hydrogen) atoms. The zero-order valence-corrected chi connectivity index (χ0v) is 13.3. The van der Waals surface area contributed by atoms with Crippen molar-refractivity contribution < 1.29 is 12.8 Å². The van der Waals surface area contributed by atoms with Crippen molar-refractivity contribution in [3.8, 4) is 0 Å². The molecule has 4 nitrogen and oxygen atoms in total. The van der Waals surface area contributed by atoms with Crippen LogP contribution >= 0.6 is 31.9 Å². The largest absolute Gasteiger partial charge is 0.264 e. The summed E-state index contributed by atoms with van der Waals surface area (Å²) >= 11 is 6.40. The summed E-state index contributed by atoms with van der Waals surface area (Å²) in [6.07, 6.45) is 0. The molecule has 1 aromatic heterocycles. The van der Waals surface area contributed by atoms with Gasteiger partial charge in [-0.25, -0.2) is 13.4 Å². The van der Waals surface area contributed by atoms with E-state index in [1.807, 2.05) is 0 Å². The standard InChI is InChI=1S/C11H7Br2FN2O2S/c12-7-4-5-9(8(13)6-7)19(17,18)16-11-3-1-2-10(14)15-11/h1-6H,(H,15,16). The number of hydrogen-bond donors (Lipinski definition) is 1. The van der Waals surface area contributed by atoms with Gasteiger partial charge in [-0.3, -0.25) is 4.72 Å². The molecule has 0 bridgehead atoms. The summed E-state index contributed by atoms with van der Waals surface area (Å²) in [5.41, 5.74) is 0. The van der Waals surface area contributed by atoms with Crippen LogP contribution in [0.3, 0.4) is 0 Å². The Morgan fingerprint density at radius 2 is 1.89 bits per heavy atom. The van der Waals surface area contributed by atoms with Crippen molar-refractivity contribution in [3.63, 3.8) is 0 Å². The summed E-state index contributed by atoms with van der Waals surface area (Å²) in [6.45, 7) is 0. The number of hydrogen-bond acceptors (Lipinski definition) is 3. The summed E-state index contributed by atoms with van der Waals surface area (Å²) in [6, 6.07) is 8.50. The Morgan fingerprint density at radius 1 is 1.16 bits per heavy atom. The molecule has 0 atom stereocenters. The molecule has 0 fully saturated rings. The van der Waals surface area contributed by atoms with Crippen molar-refractivity contribution in [2.45, 2.75) is 4.90 Å². The van der Waals surface area contributed by atoms with E-state index in [1.165, 1.54) is 18.2 Å². The summed E-state index contributed by atoms with van der Waals surface area (Å²) in [5, 5.41) is 0. The molecule has 0 unspecified atom stereocenters. The Morgan fingerprint density at radius 3 is 2.53 bits per heavy atom. The van der Waals surface area contributed by atoms with E-state index < -0.39 is 16.0 Å². The van der Waals surface area contributed by atoms with Crippen molar-refractivity contribution in [3.05, 3.63) is 51.3 Å². The molecule has 0 spiro atoms. The molecule has 0 aliphatic carbocycles. The fourth-order valence-corrected chi connectivity index (χ4v) is 4.10. The average Bonchev–Trinajstić information content (AvgIpc) is 2.27. The fraction of sp³-hybridized carbons (Fsp3) is 0. The number of halogens is 3. The molecule has 2 aromatic rings. The lowest BCUT2D eigenvalue weighted by Gasteiger charge is -2.09. The Labute approximate surface area is 126 Å². The van der Waals surface area contributed by atoms with Crippen LogP contribution in [0.25, 0.3) is 0 Å². The first-order chi connectivity index (χ1) is 8.88. The lowest BCUT2D eigenvalue weighted by molar-refractivity contribution is 0.584. The normalized spacial score (nSPS) is 11.3. The van der Waals surface area contributed by atoms with Gasteiger partial charge >= 0.3 is 0 Å². The summed E-state index contributed by atoms with van der Waals surface area (Å²) < 4.78 is 40.5. The second kappa shape index (κ2) is 5.56. The molecule has 1 N–H and O–H groups in total. The quantitative estimate of drug-likeness (QED) is 0.788. The minimum Gasteiger partial charge on any atom is -0.263 e. The van der Waals surface area contributed by atoms with Gasteiger partial charge in [0.2, 0.25) is 5.95 Å². The zero-order chi connectivity index (χ0) is 14.0. The van der Waals surface area contributed by atoms with Gasteiger partial charge in [0.25, 0.3) is 10.0 Å². The maximum atomic E-state index is 12.9. The molecule has 8 heteroatoms. The molecule has 1 heterocycles. The highest BCUT2D eigenvalue weighted by atomic mass is 79.9. The van der Waals surface area contributed by atoms with E-state index in [0.717, 1.165) is 10.5 Å². The van der Waals surface area contributed by atoms with Gasteiger partial charge in [0.05, 0.1) is 0 Å². The molecule has 0 amide bonds. The van der Waals surface area contributed by atoms with Gasteiger partial charge in [0.15, 0.2) is 0 Å². The number of benzene rings is 1. The molecule has 0 aliphatic heterocycles. The van der Waals surface area contributed by atoms with Crippen LogP contribution in [0, 0.1) is 5.95 Å². The number of sulfonamides is 1. The highest BCUT2D eigenvalue weighted by Gasteiger charge is 2.18. The smallest absolute Gasteiger partial charge is 0.263 e. The van der Waals surface area contributed by atoms with Gasteiger partial charge in [-0.15, -0.1) is 0 Å². The van der Waals surface area contributed by atoms with Crippen molar-refractivity contribution >= 4 is 47.7 Å². The fourth-order valence-electron chi connectivity index (χ4n) is 1.35. The Hall–Kier alpha value is -0.990. The van der Waals surface area contributed by atoms with Crippen molar-refractivity contribution in [1.29, 1.82) is 0 Å². The predicted molar refractivity (Wildman–Crippen MR) is 76.8 cm³/mol. The van der Waals surface area contributed by atoms with E-state index in [2.05, 4.69) is 41.6 Å². The number of aromatic nitrogens is 1. The Balaban J connectivity index is 2.38. The van der Waals surface area contributed by atoms with Crippen LogP contribution in [0.4, 0.5) is 10.2 Å². The highest BCUT2D eigenvalue weighted by Crippen LogP contribution is 2.26. The predicted octanol–water partition coefficient (Wildman–Crippen LogP) is 3.55. The zero-order valence-electron chi connectivity index (χ0n) is 9.27. The third-order valence-corrected chi connectivity index (χ3v) is 4.96. The first kappa shape index (κ1) is 14.4. The van der Waals surface area contributed by atoms with E-state index in [4.69, 9.17) is 0 Å². The summed E-state index contributed by atoms with van der Waals surface area (Å²) in [5.74, 6) is -0.829. The number of nitrogens with zero attached hydrogens (tertiary/aromatic N) is 1. The maximum Gasteiger partial charge on any atom is 0.264 e. The SMILES string of the molecule is O=S(=O)(Nc1cccc(F)n1)c1ccc(Br)cc1Br. The van der Waals surface area contributed by atoms with E-state index in [1.54, 1.807) is 12.1 Å². The van der Waals surface area contributed by atoms with Crippen LogP contribution < -0.4 is 4.72 Å². The number of pyridine rings is 1. The van der Waals surface area contributed by atoms with Crippen LogP contribution in [0.2, 0.25) is 0 Å². The van der Waals surface area contributed by atoms with E-state index in [0.29, 0.717) is 4.47 Å². The molecule has 1 aromatic carbocycles. The van der Waals surface area contributed by atoms with Crippen LogP contribution in [-0.4, -0.2) is 13.4 Å². The number of anilines is 1. The van der Waals surface area contributed by atoms with Crippen LogP contribution in [0.1, 0.15) is 0 Å². The van der Waals surface area contributed by atoms with Crippen LogP contribution in [-0.2, 0) is 10.0 Å². The molecule has 2 rings (SSSR count). The highest BCUT2D eigenvalue weighted by molar-refractivity contribution is 9.11. The lowest BCUT2D eigenvalue weighted by atomic mass is 10.4. The molecule has 0 saturated carbocycles. The summed E-state index contributed by atoms with van der Waals surface area (Å²) in [4.78, 5) is 3.49. The third-order valence-electron chi connectivity index (χ3n) is 2.14. The topological polar surface area (TPSA) is 59.1 Å². The Bertz CT molecular complexity index is 722. The summed E-state index contributed by atoms with van der Waals surface area (Å²) in [7, 11) is -3.82. The second-order valence-corrected chi connectivity index (χ2v) is 6.95. The first-order valence-electron chi connectivity index (χ1n) is 4.99. The minimum atomic E-state index is -3.82. The molecule has 0 saturated heterocycles. The van der Waals surface area contributed by atoms with Crippen LogP contribution in [0.15, 0.2) is 50.2 Å². The molecular weight excluding hydrogens is 403 g/mol. The van der Waals surface area contributed by atoms with E-state index in [-0.39, 0.29) is 10.7 Å². The first-order valence-corrected chi connectivity index (χ1v) is 8.06. The average molecular weight is 410 g/mol. The van der Waals surface area contributed by atoms with Crippen molar-refractivity contribution in [2.24, 2.45) is 0 Å². The van der Waals surface area contributed by atoms with Crippen molar-refractivity contribution in [2.75, 3.05) is 4.72 Å². The lowest BCUT2D eigenvalue weighted by Crippen LogP contribution is -2.14. The number of nitrogens with one attached hydrogen (secondary N) is 1. The van der Waals surface area contributed by atoms with Gasteiger partial charge in [-0.05, 0) is 46.3 Å². The minimum absolute atomic E-state index is 0.0433. The van der Waals surface area contributed by atoms with Gasteiger partial charge in [-0.1, -0.05) is 22.0 Å². The van der Waals surface area contributed by atoms with Gasteiger partial charge in [-0.2, -0.15) is 4.39 Å². The monoisotopic (exact) mass is 408 g/mol.